The quantitative estimate of drug-likeness (QED) is 0.492. The van der Waals surface area contributed by atoms with Gasteiger partial charge in [0.2, 0.25) is 0 Å². The van der Waals surface area contributed by atoms with Crippen LogP contribution in [-0.2, 0) is 12.8 Å². The van der Waals surface area contributed by atoms with E-state index in [4.69, 9.17) is 4.74 Å². The Morgan fingerprint density at radius 1 is 0.929 bits per heavy atom. The summed E-state index contributed by atoms with van der Waals surface area (Å²) in [5.74, 6) is 2.49. The van der Waals surface area contributed by atoms with Crippen LogP contribution in [-0.4, -0.2) is 37.0 Å². The first-order valence-corrected chi connectivity index (χ1v) is 9.07. The van der Waals surface area contributed by atoms with Gasteiger partial charge in [-0.2, -0.15) is 0 Å². The summed E-state index contributed by atoms with van der Waals surface area (Å²) in [5, 5.41) is 0. The van der Waals surface area contributed by atoms with Crippen LogP contribution in [0.5, 0.6) is 5.75 Å². The Balaban J connectivity index is 1.40. The fourth-order valence-corrected chi connectivity index (χ4v) is 3.25. The summed E-state index contributed by atoms with van der Waals surface area (Å²) < 4.78 is 5.25. The Hall–Kier alpha value is -3.74. The molecule has 4 aromatic heterocycles. The monoisotopic (exact) mass is 370 g/mol. The molecule has 0 radical (unpaired) electrons. The molecule has 0 bridgehead atoms. The minimum atomic E-state index is 0.702. The van der Waals surface area contributed by atoms with E-state index in [9.17, 15) is 0 Å². The van der Waals surface area contributed by atoms with Crippen LogP contribution < -0.4 is 4.74 Å². The van der Waals surface area contributed by atoms with E-state index >= 15 is 0 Å². The lowest BCUT2D eigenvalue weighted by atomic mass is 10.2. The van der Waals surface area contributed by atoms with E-state index < -0.39 is 0 Å². The molecule has 0 saturated heterocycles. The molecule has 0 spiro atoms. The summed E-state index contributed by atoms with van der Waals surface area (Å²) in [5.41, 5.74) is 5.44. The summed E-state index contributed by atoms with van der Waals surface area (Å²) in [7, 11) is 1.66. The number of ether oxygens (including phenoxy) is 1. The number of para-hydroxylation sites is 2. The van der Waals surface area contributed by atoms with E-state index in [1.54, 1.807) is 19.5 Å². The molecule has 4 heterocycles. The maximum Gasteiger partial charge on any atom is 0.177 e. The lowest BCUT2D eigenvalue weighted by Gasteiger charge is -2.02. The van der Waals surface area contributed by atoms with Crippen LogP contribution in [0.25, 0.3) is 33.6 Å². The molecule has 7 nitrogen and oxygen atoms in total. The highest BCUT2D eigenvalue weighted by Gasteiger charge is 2.10. The number of aryl methyl sites for hydroxylation is 2. The van der Waals surface area contributed by atoms with Gasteiger partial charge in [0.05, 0.1) is 23.7 Å². The minimum Gasteiger partial charge on any atom is -0.497 e. The highest BCUT2D eigenvalue weighted by molar-refractivity contribution is 5.82. The van der Waals surface area contributed by atoms with Gasteiger partial charge in [0.15, 0.2) is 5.65 Å². The van der Waals surface area contributed by atoms with Gasteiger partial charge in [-0.3, -0.25) is 4.98 Å². The van der Waals surface area contributed by atoms with E-state index in [0.29, 0.717) is 5.65 Å². The number of hydrogen-bond donors (Lipinski definition) is 2. The molecule has 0 fully saturated rings. The van der Waals surface area contributed by atoms with Crippen LogP contribution in [0.15, 0.2) is 54.9 Å². The molecule has 28 heavy (non-hydrogen) atoms. The van der Waals surface area contributed by atoms with Gasteiger partial charge in [-0.1, -0.05) is 12.1 Å². The number of nitrogens with zero attached hydrogens (tertiary/aromatic N) is 4. The van der Waals surface area contributed by atoms with Crippen LogP contribution in [0, 0.1) is 0 Å². The Morgan fingerprint density at radius 3 is 2.75 bits per heavy atom. The third-order valence-electron chi connectivity index (χ3n) is 4.69. The number of hydrogen-bond acceptors (Lipinski definition) is 5. The van der Waals surface area contributed by atoms with E-state index in [-0.39, 0.29) is 0 Å². The summed E-state index contributed by atoms with van der Waals surface area (Å²) in [6.45, 7) is 0. The number of benzene rings is 1. The number of rotatable bonds is 5. The van der Waals surface area contributed by atoms with Crippen molar-refractivity contribution < 1.29 is 4.74 Å². The molecule has 0 unspecified atom stereocenters. The lowest BCUT2D eigenvalue weighted by Crippen LogP contribution is -1.96. The number of H-pyrrole nitrogens is 2. The number of imidazole rings is 2. The van der Waals surface area contributed by atoms with Gasteiger partial charge >= 0.3 is 0 Å². The second kappa shape index (κ2) is 6.77. The number of methoxy groups -OCH3 is 1. The SMILES string of the molecule is COc1ccnc(CCc2nc3ncc(-c4nc5ccccc5[nH]4)cc3[nH]2)c1. The molecule has 5 rings (SSSR count). The molecule has 0 aliphatic carbocycles. The van der Waals surface area contributed by atoms with Gasteiger partial charge in [0.1, 0.15) is 17.4 Å². The molecular weight excluding hydrogens is 352 g/mol. The maximum absolute atomic E-state index is 5.25. The zero-order valence-corrected chi connectivity index (χ0v) is 15.3. The van der Waals surface area contributed by atoms with Crippen molar-refractivity contribution in [2.75, 3.05) is 7.11 Å². The third-order valence-corrected chi connectivity index (χ3v) is 4.69. The Kier molecular flexibility index (Phi) is 3.97. The fraction of sp³-hybridized carbons (Fsp3) is 0.143. The topological polar surface area (TPSA) is 92.4 Å². The minimum absolute atomic E-state index is 0.702. The smallest absolute Gasteiger partial charge is 0.177 e. The van der Waals surface area contributed by atoms with Crippen LogP contribution in [0.2, 0.25) is 0 Å². The van der Waals surface area contributed by atoms with E-state index in [1.807, 2.05) is 42.5 Å². The van der Waals surface area contributed by atoms with Crippen molar-refractivity contribution in [2.24, 2.45) is 0 Å². The number of aromatic nitrogens is 6. The molecule has 0 amide bonds. The van der Waals surface area contributed by atoms with Crippen LogP contribution in [0.4, 0.5) is 0 Å². The van der Waals surface area contributed by atoms with Gasteiger partial charge in [-0.25, -0.2) is 15.0 Å². The van der Waals surface area contributed by atoms with Crippen LogP contribution in [0.3, 0.4) is 0 Å². The van der Waals surface area contributed by atoms with Crippen LogP contribution >= 0.6 is 0 Å². The molecule has 0 atom stereocenters. The largest absolute Gasteiger partial charge is 0.497 e. The first-order valence-electron chi connectivity index (χ1n) is 9.07. The molecule has 0 aliphatic rings. The molecule has 0 aliphatic heterocycles. The summed E-state index contributed by atoms with van der Waals surface area (Å²) >= 11 is 0. The number of aromatic amines is 2. The van der Waals surface area contributed by atoms with Gasteiger partial charge in [0, 0.05) is 36.1 Å². The van der Waals surface area contributed by atoms with Crippen molar-refractivity contribution in [1.29, 1.82) is 0 Å². The van der Waals surface area contributed by atoms with E-state index in [2.05, 4.69) is 29.9 Å². The highest BCUT2D eigenvalue weighted by Crippen LogP contribution is 2.22. The zero-order valence-electron chi connectivity index (χ0n) is 15.3. The first-order chi connectivity index (χ1) is 13.8. The van der Waals surface area contributed by atoms with Gasteiger partial charge in [-0.15, -0.1) is 0 Å². The Labute approximate surface area is 160 Å². The van der Waals surface area contributed by atoms with E-state index in [1.165, 1.54) is 0 Å². The highest BCUT2D eigenvalue weighted by atomic mass is 16.5. The Bertz CT molecular complexity index is 1240. The van der Waals surface area contributed by atoms with Gasteiger partial charge in [-0.05, 0) is 30.7 Å². The standard InChI is InChI=1S/C21H18N6O/c1-28-15-8-9-22-14(11-15)6-7-19-24-18-10-13(12-23-21(18)27-19)20-25-16-4-2-3-5-17(16)26-20/h2-5,8-12H,6-7H2,1H3,(H,25,26)(H,23,24,27). The second-order valence-electron chi connectivity index (χ2n) is 6.57. The van der Waals surface area contributed by atoms with Gasteiger partial charge < -0.3 is 14.7 Å². The van der Waals surface area contributed by atoms with Crippen LogP contribution in [0.1, 0.15) is 11.5 Å². The molecular formula is C21H18N6O. The van der Waals surface area contributed by atoms with E-state index in [0.717, 1.165) is 58.0 Å². The number of pyridine rings is 2. The average molecular weight is 370 g/mol. The molecule has 2 N–H and O–H groups in total. The van der Waals surface area contributed by atoms with Gasteiger partial charge in [0.25, 0.3) is 0 Å². The van der Waals surface area contributed by atoms with Crippen molar-refractivity contribution in [3.05, 3.63) is 66.4 Å². The predicted molar refractivity (Wildman–Crippen MR) is 107 cm³/mol. The van der Waals surface area contributed by atoms with Crippen molar-refractivity contribution in [2.45, 2.75) is 12.8 Å². The molecule has 1 aromatic carbocycles. The molecule has 138 valence electrons. The summed E-state index contributed by atoms with van der Waals surface area (Å²) in [6.07, 6.45) is 5.08. The van der Waals surface area contributed by atoms with Crippen molar-refractivity contribution >= 4 is 22.2 Å². The predicted octanol–water partition coefficient (Wildman–Crippen LogP) is 3.69. The fourth-order valence-electron chi connectivity index (χ4n) is 3.25. The van der Waals surface area contributed by atoms with Crippen molar-refractivity contribution in [3.63, 3.8) is 0 Å². The first kappa shape index (κ1) is 16.4. The molecule has 7 heteroatoms. The second-order valence-corrected chi connectivity index (χ2v) is 6.57. The molecule has 0 saturated carbocycles. The van der Waals surface area contributed by atoms with Crippen molar-refractivity contribution in [3.8, 4) is 17.1 Å². The average Bonchev–Trinajstić information content (AvgIpc) is 3.35. The maximum atomic E-state index is 5.25. The lowest BCUT2D eigenvalue weighted by molar-refractivity contribution is 0.413. The zero-order chi connectivity index (χ0) is 18.9. The molecule has 5 aromatic rings. The number of fused-ring (bicyclic) bond motifs is 2. The van der Waals surface area contributed by atoms with Crippen molar-refractivity contribution in [1.82, 2.24) is 29.9 Å². The summed E-state index contributed by atoms with van der Waals surface area (Å²) in [6, 6.07) is 13.8. The number of nitrogens with one attached hydrogen (secondary N) is 2. The third kappa shape index (κ3) is 3.07. The normalized spacial score (nSPS) is 11.3. The summed E-state index contributed by atoms with van der Waals surface area (Å²) in [4.78, 5) is 24.8. The Morgan fingerprint density at radius 2 is 1.86 bits per heavy atom.